The van der Waals surface area contributed by atoms with Crippen molar-refractivity contribution in [3.05, 3.63) is 36.2 Å². The molecule has 3 N–H and O–H groups in total. The third-order valence-corrected chi connectivity index (χ3v) is 5.12. The van der Waals surface area contributed by atoms with Crippen LogP contribution in [0.5, 0.6) is 0 Å². The molecule has 1 aliphatic rings. The van der Waals surface area contributed by atoms with Crippen molar-refractivity contribution in [2.75, 3.05) is 6.54 Å². The fourth-order valence-corrected chi connectivity index (χ4v) is 3.55. The Hall–Kier alpha value is -3.89. The lowest BCUT2D eigenvalue weighted by Gasteiger charge is -2.27. The van der Waals surface area contributed by atoms with E-state index < -0.39 is 48.2 Å². The van der Waals surface area contributed by atoms with Crippen LogP contribution in [0.25, 0.3) is 11.0 Å². The minimum Gasteiger partial charge on any atom is -0.481 e. The number of nitrogens with zero attached hydrogens (tertiary/aromatic N) is 3. The molecular weight excluding hydrogens is 418 g/mol. The number of benzene rings is 1. The monoisotopic (exact) mass is 441 g/mol. The highest BCUT2D eigenvalue weighted by molar-refractivity contribution is 5.98. The van der Waals surface area contributed by atoms with Crippen LogP contribution in [0, 0.1) is 0 Å². The zero-order valence-electron chi connectivity index (χ0n) is 17.4. The van der Waals surface area contributed by atoms with Crippen LogP contribution in [0.15, 0.2) is 30.5 Å². The fourth-order valence-electron chi connectivity index (χ4n) is 3.55. The Balaban J connectivity index is 1.64. The maximum absolute atomic E-state index is 12.9. The number of carboxylic acid groups (broad SMARTS) is 1. The Morgan fingerprint density at radius 3 is 2.62 bits per heavy atom. The van der Waals surface area contributed by atoms with Crippen molar-refractivity contribution in [3.63, 3.8) is 0 Å². The van der Waals surface area contributed by atoms with Crippen LogP contribution in [0.1, 0.15) is 36.7 Å². The number of aliphatic carboxylic acids is 1. The summed E-state index contributed by atoms with van der Waals surface area (Å²) in [6.07, 6.45) is 2.05. The maximum Gasteiger partial charge on any atom is 0.305 e. The summed E-state index contributed by atoms with van der Waals surface area (Å²) in [5.41, 5.74) is 1.23. The average molecular weight is 441 g/mol. The van der Waals surface area contributed by atoms with Crippen molar-refractivity contribution >= 4 is 41.0 Å². The minimum absolute atomic E-state index is 0.0570. The summed E-state index contributed by atoms with van der Waals surface area (Å²) in [5.74, 6) is -2.87. The average Bonchev–Trinajstić information content (AvgIpc) is 3.27. The molecule has 1 unspecified atom stereocenters. The smallest absolute Gasteiger partial charge is 0.305 e. The van der Waals surface area contributed by atoms with Gasteiger partial charge in [-0.05, 0) is 31.9 Å². The van der Waals surface area contributed by atoms with Gasteiger partial charge in [0.25, 0.3) is 5.91 Å². The molecule has 1 aliphatic heterocycles. The second kappa shape index (κ2) is 9.94. The number of nitrogens with one attached hydrogen (secondary N) is 2. The molecule has 2 aromatic rings. The molecule has 0 radical (unpaired) electrons. The molecule has 11 nitrogen and oxygen atoms in total. The third-order valence-electron chi connectivity index (χ3n) is 5.12. The number of carboxylic acids is 1. The SMILES string of the molecule is C[C@H](NC(=O)c1cnc2ccccc2n1)C(=O)N1CCC[C@H]1C(=O)NC(C=O)CC(=O)O. The van der Waals surface area contributed by atoms with Gasteiger partial charge in [-0.1, -0.05) is 12.1 Å². The topological polar surface area (TPSA) is 159 Å². The highest BCUT2D eigenvalue weighted by Crippen LogP contribution is 2.19. The van der Waals surface area contributed by atoms with Crippen molar-refractivity contribution in [2.24, 2.45) is 0 Å². The van der Waals surface area contributed by atoms with Crippen LogP contribution in [0.3, 0.4) is 0 Å². The molecule has 1 aromatic carbocycles. The fraction of sp³-hybridized carbons (Fsp3) is 0.381. The molecule has 2 heterocycles. The Kier molecular flexibility index (Phi) is 7.08. The summed E-state index contributed by atoms with van der Waals surface area (Å²) in [6, 6.07) is 4.09. The largest absolute Gasteiger partial charge is 0.481 e. The van der Waals surface area contributed by atoms with Crippen LogP contribution in [0.2, 0.25) is 0 Å². The molecule has 3 rings (SSSR count). The van der Waals surface area contributed by atoms with Crippen LogP contribution >= 0.6 is 0 Å². The second-order valence-electron chi connectivity index (χ2n) is 7.48. The van der Waals surface area contributed by atoms with Crippen molar-refractivity contribution in [2.45, 2.75) is 44.3 Å². The van der Waals surface area contributed by atoms with Crippen molar-refractivity contribution < 1.29 is 29.1 Å². The predicted molar refractivity (Wildman–Crippen MR) is 111 cm³/mol. The van der Waals surface area contributed by atoms with E-state index in [0.717, 1.165) is 0 Å². The molecule has 0 saturated carbocycles. The predicted octanol–water partition coefficient (Wildman–Crippen LogP) is -0.102. The second-order valence-corrected chi connectivity index (χ2v) is 7.48. The van der Waals surface area contributed by atoms with Gasteiger partial charge in [-0.15, -0.1) is 0 Å². The summed E-state index contributed by atoms with van der Waals surface area (Å²) < 4.78 is 0. The number of hydrogen-bond acceptors (Lipinski definition) is 7. The quantitative estimate of drug-likeness (QED) is 0.479. The van der Waals surface area contributed by atoms with Gasteiger partial charge in [0.05, 0.1) is 29.7 Å². The lowest BCUT2D eigenvalue weighted by atomic mass is 10.1. The molecule has 1 fully saturated rings. The molecule has 0 aliphatic carbocycles. The first-order valence-electron chi connectivity index (χ1n) is 10.1. The number of amides is 3. The highest BCUT2D eigenvalue weighted by Gasteiger charge is 2.37. The maximum atomic E-state index is 12.9. The first kappa shape index (κ1) is 22.8. The highest BCUT2D eigenvalue weighted by atomic mass is 16.4. The van der Waals surface area contributed by atoms with Crippen LogP contribution in [0.4, 0.5) is 0 Å². The summed E-state index contributed by atoms with van der Waals surface area (Å²) in [5, 5.41) is 13.8. The van der Waals surface area contributed by atoms with Gasteiger partial charge >= 0.3 is 5.97 Å². The van der Waals surface area contributed by atoms with E-state index in [1.54, 1.807) is 24.3 Å². The Morgan fingerprint density at radius 1 is 1.22 bits per heavy atom. The van der Waals surface area contributed by atoms with Gasteiger partial charge in [0.15, 0.2) is 0 Å². The number of rotatable bonds is 8. The molecule has 1 saturated heterocycles. The van der Waals surface area contributed by atoms with E-state index in [4.69, 9.17) is 5.11 Å². The minimum atomic E-state index is -1.23. The van der Waals surface area contributed by atoms with E-state index in [1.807, 2.05) is 0 Å². The number of likely N-dealkylation sites (tertiary alicyclic amines) is 1. The van der Waals surface area contributed by atoms with E-state index in [0.29, 0.717) is 36.7 Å². The summed E-state index contributed by atoms with van der Waals surface area (Å²) in [4.78, 5) is 69.6. The number of carbonyl (C=O) groups excluding carboxylic acids is 4. The molecule has 32 heavy (non-hydrogen) atoms. The van der Waals surface area contributed by atoms with Gasteiger partial charge < -0.3 is 25.4 Å². The molecule has 168 valence electrons. The number of aromatic nitrogens is 2. The Bertz CT molecular complexity index is 1060. The third kappa shape index (κ3) is 5.23. The molecule has 0 spiro atoms. The number of fused-ring (bicyclic) bond motifs is 1. The standard InChI is InChI=1S/C21H23N5O6/c1-12(23-19(30)16-10-22-14-5-2-3-6-15(14)25-16)21(32)26-8-4-7-17(26)20(31)24-13(11-27)9-18(28)29/h2-3,5-6,10-13,17H,4,7-9H2,1H3,(H,23,30)(H,24,31)(H,28,29)/t12-,13?,17-/m0/s1. The molecule has 3 atom stereocenters. The van der Waals surface area contributed by atoms with Gasteiger partial charge in [-0.2, -0.15) is 0 Å². The summed E-state index contributed by atoms with van der Waals surface area (Å²) in [7, 11) is 0. The van der Waals surface area contributed by atoms with Gasteiger partial charge in [-0.3, -0.25) is 24.2 Å². The zero-order valence-corrected chi connectivity index (χ0v) is 17.4. The van der Waals surface area contributed by atoms with Gasteiger partial charge in [0.2, 0.25) is 11.8 Å². The molecular formula is C21H23N5O6. The van der Waals surface area contributed by atoms with Gasteiger partial charge in [0, 0.05) is 6.54 Å². The Morgan fingerprint density at radius 2 is 1.94 bits per heavy atom. The van der Waals surface area contributed by atoms with Crippen molar-refractivity contribution in [3.8, 4) is 0 Å². The normalized spacial score (nSPS) is 17.4. The number of hydrogen-bond donors (Lipinski definition) is 3. The molecule has 1 aromatic heterocycles. The molecule has 3 amide bonds. The first-order chi connectivity index (χ1) is 15.3. The molecule has 0 bridgehead atoms. The van der Waals surface area contributed by atoms with Gasteiger partial charge in [0.1, 0.15) is 24.1 Å². The summed E-state index contributed by atoms with van der Waals surface area (Å²) >= 11 is 0. The van der Waals surface area contributed by atoms with E-state index in [9.17, 15) is 24.0 Å². The number of aldehydes is 1. The summed E-state index contributed by atoms with van der Waals surface area (Å²) in [6.45, 7) is 1.80. The lowest BCUT2D eigenvalue weighted by Crippen LogP contribution is -2.54. The van der Waals surface area contributed by atoms with Crippen molar-refractivity contribution in [1.29, 1.82) is 0 Å². The van der Waals surface area contributed by atoms with E-state index in [1.165, 1.54) is 18.0 Å². The number of carbonyl (C=O) groups is 5. The van der Waals surface area contributed by atoms with Crippen LogP contribution in [-0.4, -0.2) is 74.6 Å². The molecule has 11 heteroatoms. The van der Waals surface area contributed by atoms with E-state index >= 15 is 0 Å². The lowest BCUT2D eigenvalue weighted by molar-refractivity contribution is -0.141. The van der Waals surface area contributed by atoms with E-state index in [2.05, 4.69) is 20.6 Å². The van der Waals surface area contributed by atoms with Crippen molar-refractivity contribution in [1.82, 2.24) is 25.5 Å². The number of para-hydroxylation sites is 2. The van der Waals surface area contributed by atoms with Crippen LogP contribution in [-0.2, 0) is 19.2 Å². The van der Waals surface area contributed by atoms with Crippen LogP contribution < -0.4 is 10.6 Å². The first-order valence-corrected chi connectivity index (χ1v) is 10.1. The zero-order chi connectivity index (χ0) is 23.3. The van der Waals surface area contributed by atoms with E-state index in [-0.39, 0.29) is 5.69 Å². The Labute approximate surface area is 183 Å². The van der Waals surface area contributed by atoms with Gasteiger partial charge in [-0.25, -0.2) is 4.98 Å².